The van der Waals surface area contributed by atoms with Gasteiger partial charge in [0.2, 0.25) is 0 Å². The molecule has 0 aliphatic carbocycles. The predicted molar refractivity (Wildman–Crippen MR) is 248 cm³/mol. The number of carbonyl (C=O) groups is 1. The van der Waals surface area contributed by atoms with Crippen LogP contribution in [0, 0.1) is 0 Å². The zero-order valence-corrected chi connectivity index (χ0v) is 35.2. The molecule has 7 aromatic carbocycles. The molecule has 65 heavy (non-hydrogen) atoms. The monoisotopic (exact) mass is 857 g/mol. The molecule has 1 saturated heterocycles. The van der Waals surface area contributed by atoms with Crippen LogP contribution in [0.3, 0.4) is 0 Å². The van der Waals surface area contributed by atoms with E-state index >= 15 is 4.39 Å². The number of alkyl halides is 1. The number of nitrogens with one attached hydrogen (secondary N) is 1. The van der Waals surface area contributed by atoms with Crippen LogP contribution in [0.1, 0.15) is 50.0 Å². The van der Waals surface area contributed by atoms with Crippen molar-refractivity contribution in [3.05, 3.63) is 264 Å². The van der Waals surface area contributed by atoms with Crippen molar-refractivity contribution in [1.29, 1.82) is 0 Å². The van der Waals surface area contributed by atoms with Gasteiger partial charge in [-0.25, -0.2) is 19.3 Å². The molecule has 1 fully saturated rings. The Labute approximate surface area is 376 Å². The van der Waals surface area contributed by atoms with E-state index in [1.165, 1.54) is 12.7 Å². The molecule has 0 spiro atoms. The number of amides is 1. The van der Waals surface area contributed by atoms with Crippen molar-refractivity contribution in [1.82, 2.24) is 19.5 Å². The van der Waals surface area contributed by atoms with Crippen LogP contribution in [-0.2, 0) is 25.4 Å². The molecule has 9 aromatic rings. The second kappa shape index (κ2) is 18.2. The van der Waals surface area contributed by atoms with E-state index in [1.807, 2.05) is 188 Å². The third-order valence-electron chi connectivity index (χ3n) is 12.0. The van der Waals surface area contributed by atoms with E-state index in [4.69, 9.17) is 14.2 Å². The van der Waals surface area contributed by atoms with Crippen LogP contribution in [-0.4, -0.2) is 50.4 Å². The summed E-state index contributed by atoms with van der Waals surface area (Å²) in [6.45, 7) is -0.102. The Hall–Kier alpha value is -7.63. The van der Waals surface area contributed by atoms with E-state index in [0.717, 1.165) is 33.4 Å². The molecule has 0 unspecified atom stereocenters. The zero-order valence-electron chi connectivity index (χ0n) is 35.2. The summed E-state index contributed by atoms with van der Waals surface area (Å²) in [6.07, 6.45) is -2.54. The third kappa shape index (κ3) is 7.78. The normalized spacial score (nSPS) is 17.5. The maximum Gasteiger partial charge on any atom is 0.256 e. The Morgan fingerprint density at radius 1 is 0.569 bits per heavy atom. The van der Waals surface area contributed by atoms with E-state index < -0.39 is 35.8 Å². The summed E-state index contributed by atoms with van der Waals surface area (Å²) in [5.41, 5.74) is 3.61. The second-order valence-electron chi connectivity index (χ2n) is 15.8. The maximum absolute atomic E-state index is 18.3. The number of imidazole rings is 1. The summed E-state index contributed by atoms with van der Waals surface area (Å²) in [6, 6.07) is 68.5. The highest BCUT2D eigenvalue weighted by atomic mass is 19.1. The molecule has 4 atom stereocenters. The first-order valence-electron chi connectivity index (χ1n) is 21.5. The lowest BCUT2D eigenvalue weighted by atomic mass is 9.79. The molecule has 1 amide bonds. The first-order chi connectivity index (χ1) is 32.1. The van der Waals surface area contributed by atoms with E-state index in [9.17, 15) is 4.79 Å². The SMILES string of the molecule is O=C(Nc1ncnc2c1ncn2[C@@H]1O[C@H](COC(c2ccccc2)(c2ccccc2)c2ccccc2)[C@@H](OC(c2ccccc2)(c2ccccc2)c2ccccc2)[C@@H]1F)c1ccccc1. The Morgan fingerprint density at radius 2 is 0.985 bits per heavy atom. The third-order valence-corrected chi connectivity index (χ3v) is 12.0. The molecule has 10 heteroatoms. The van der Waals surface area contributed by atoms with Crippen LogP contribution in [0.5, 0.6) is 0 Å². The molecule has 2 aromatic heterocycles. The quantitative estimate of drug-likeness (QED) is 0.109. The van der Waals surface area contributed by atoms with Gasteiger partial charge in [-0.1, -0.05) is 200 Å². The number of ether oxygens (including phenoxy) is 3. The van der Waals surface area contributed by atoms with Crippen LogP contribution in [0.25, 0.3) is 11.2 Å². The van der Waals surface area contributed by atoms with Crippen LogP contribution >= 0.6 is 0 Å². The fourth-order valence-electron chi connectivity index (χ4n) is 8.99. The zero-order chi connectivity index (χ0) is 44.1. The number of rotatable bonds is 14. The molecular weight excluding hydrogens is 814 g/mol. The van der Waals surface area contributed by atoms with Gasteiger partial charge in [0.25, 0.3) is 5.91 Å². The van der Waals surface area contributed by atoms with E-state index in [1.54, 1.807) is 28.8 Å². The molecule has 0 saturated carbocycles. The minimum Gasteiger partial charge on any atom is -0.358 e. The number of halogens is 1. The molecule has 0 radical (unpaired) electrons. The van der Waals surface area contributed by atoms with Crippen molar-refractivity contribution in [2.24, 2.45) is 0 Å². The van der Waals surface area contributed by atoms with Crippen molar-refractivity contribution in [2.75, 3.05) is 11.9 Å². The fourth-order valence-corrected chi connectivity index (χ4v) is 8.99. The van der Waals surface area contributed by atoms with Gasteiger partial charge in [0.05, 0.1) is 12.9 Å². The summed E-state index contributed by atoms with van der Waals surface area (Å²) in [4.78, 5) is 26.8. The van der Waals surface area contributed by atoms with E-state index in [2.05, 4.69) is 20.3 Å². The van der Waals surface area contributed by atoms with Crippen LogP contribution in [0.4, 0.5) is 10.2 Å². The number of fused-ring (bicyclic) bond motifs is 1. The highest BCUT2D eigenvalue weighted by molar-refractivity contribution is 6.06. The Balaban J connectivity index is 1.11. The molecule has 10 rings (SSSR count). The van der Waals surface area contributed by atoms with Gasteiger partial charge in [0, 0.05) is 5.56 Å². The lowest BCUT2D eigenvalue weighted by molar-refractivity contribution is -0.128. The number of aromatic nitrogens is 4. The topological polar surface area (TPSA) is 100 Å². The van der Waals surface area contributed by atoms with Gasteiger partial charge >= 0.3 is 0 Å². The number of carbonyl (C=O) groups excluding carboxylic acids is 1. The molecular formula is C55H44FN5O4. The maximum atomic E-state index is 18.3. The molecule has 3 heterocycles. The van der Waals surface area contributed by atoms with Crippen molar-refractivity contribution < 1.29 is 23.4 Å². The molecule has 320 valence electrons. The minimum atomic E-state index is -1.80. The van der Waals surface area contributed by atoms with Gasteiger partial charge < -0.3 is 19.5 Å². The largest absolute Gasteiger partial charge is 0.358 e. The Bertz CT molecular complexity index is 2770. The van der Waals surface area contributed by atoms with Crippen molar-refractivity contribution in [3.8, 4) is 0 Å². The summed E-state index contributed by atoms with van der Waals surface area (Å²) in [7, 11) is 0. The van der Waals surface area contributed by atoms with Crippen LogP contribution in [0.2, 0.25) is 0 Å². The summed E-state index contributed by atoms with van der Waals surface area (Å²) >= 11 is 0. The molecule has 1 aliphatic rings. The predicted octanol–water partition coefficient (Wildman–Crippen LogP) is 10.7. The number of benzene rings is 7. The number of hydrogen-bond acceptors (Lipinski definition) is 7. The Kier molecular flexibility index (Phi) is 11.6. The summed E-state index contributed by atoms with van der Waals surface area (Å²) in [5.74, 6) is -0.192. The van der Waals surface area contributed by atoms with Crippen LogP contribution in [0.15, 0.2) is 225 Å². The van der Waals surface area contributed by atoms with Crippen molar-refractivity contribution in [3.63, 3.8) is 0 Å². The average molecular weight is 858 g/mol. The van der Waals surface area contributed by atoms with Crippen molar-refractivity contribution in [2.45, 2.75) is 35.8 Å². The first kappa shape index (κ1) is 41.4. The van der Waals surface area contributed by atoms with Gasteiger partial charge in [-0.15, -0.1) is 0 Å². The lowest BCUT2D eigenvalue weighted by Gasteiger charge is -2.40. The molecule has 9 nitrogen and oxygen atoms in total. The number of anilines is 1. The Morgan fingerprint density at radius 3 is 1.43 bits per heavy atom. The average Bonchev–Trinajstić information content (AvgIpc) is 3.95. The fraction of sp³-hybridized carbons (Fsp3) is 0.127. The van der Waals surface area contributed by atoms with E-state index in [-0.39, 0.29) is 29.5 Å². The summed E-state index contributed by atoms with van der Waals surface area (Å²) < 4.78 is 41.7. The van der Waals surface area contributed by atoms with Gasteiger partial charge in [-0.2, -0.15) is 0 Å². The number of nitrogens with zero attached hydrogens (tertiary/aromatic N) is 4. The standard InChI is InChI=1S/C55H44FN5O4/c56-47-49(65-55(43-30-16-5-17-31-43,44-32-18-6-19-33-44)45-34-20-7-21-35-45)46(36-63-54(40-24-10-2-11-25-40,41-26-12-3-13-27-41)42-28-14-4-15-29-42)64-53(47)61-38-59-48-50(57-37-58-51(48)61)60-52(62)39-22-8-1-9-23-39/h1-35,37-38,46-47,49,53H,36H2,(H,57,58,60,62)/t46-,47+,49-,53-/m1/s1. The lowest BCUT2D eigenvalue weighted by Crippen LogP contribution is -2.45. The molecule has 1 aliphatic heterocycles. The highest BCUT2D eigenvalue weighted by Gasteiger charge is 2.53. The van der Waals surface area contributed by atoms with Crippen molar-refractivity contribution >= 4 is 22.9 Å². The van der Waals surface area contributed by atoms with Gasteiger partial charge in [-0.3, -0.25) is 9.36 Å². The minimum absolute atomic E-state index is 0.102. The van der Waals surface area contributed by atoms with Gasteiger partial charge in [0.1, 0.15) is 29.7 Å². The summed E-state index contributed by atoms with van der Waals surface area (Å²) in [5, 5.41) is 2.86. The first-order valence-corrected chi connectivity index (χ1v) is 21.5. The molecule has 0 bridgehead atoms. The van der Waals surface area contributed by atoms with E-state index in [0.29, 0.717) is 5.56 Å². The second-order valence-corrected chi connectivity index (χ2v) is 15.8. The van der Waals surface area contributed by atoms with Crippen LogP contribution < -0.4 is 5.32 Å². The molecule has 1 N–H and O–H groups in total. The number of hydrogen-bond donors (Lipinski definition) is 1. The highest BCUT2D eigenvalue weighted by Crippen LogP contribution is 2.48. The smallest absolute Gasteiger partial charge is 0.256 e. The van der Waals surface area contributed by atoms with Gasteiger partial charge in [-0.05, 0) is 45.5 Å². The van der Waals surface area contributed by atoms with Gasteiger partial charge in [0.15, 0.2) is 29.4 Å².